The van der Waals surface area contributed by atoms with Crippen LogP contribution < -0.4 is 5.32 Å². The summed E-state index contributed by atoms with van der Waals surface area (Å²) in [6.07, 6.45) is 2.05. The first-order chi connectivity index (χ1) is 10.0. The molecule has 1 aromatic rings. The largest absolute Gasteiger partial charge is 0.481 e. The monoisotopic (exact) mass is 295 g/mol. The smallest absolute Gasteiger partial charge is 0.307 e. The number of carboxylic acid groups (broad SMARTS) is 1. The molecule has 21 heavy (non-hydrogen) atoms. The predicted molar refractivity (Wildman–Crippen MR) is 76.6 cm³/mol. The van der Waals surface area contributed by atoms with Crippen molar-refractivity contribution in [3.05, 3.63) is 42.2 Å². The maximum atomic E-state index is 13.6. The standard InChI is InChI=1S/C15H18FNO4/c1-2-7-21-8-3-4-14(18)17-12-6-5-11(9-15(19)20)13(16)10-12/h2,5-6,10H,1,3-4,7-9H2,(H,17,18)(H,19,20). The van der Waals surface area contributed by atoms with Crippen molar-refractivity contribution in [2.45, 2.75) is 19.3 Å². The van der Waals surface area contributed by atoms with E-state index in [0.717, 1.165) is 6.07 Å². The summed E-state index contributed by atoms with van der Waals surface area (Å²) in [6.45, 7) is 4.40. The quantitative estimate of drug-likeness (QED) is 0.542. The minimum Gasteiger partial charge on any atom is -0.481 e. The number of aliphatic carboxylic acids is 1. The Balaban J connectivity index is 2.44. The van der Waals surface area contributed by atoms with E-state index >= 15 is 0 Å². The fourth-order valence-electron chi connectivity index (χ4n) is 1.66. The van der Waals surface area contributed by atoms with Gasteiger partial charge in [0.25, 0.3) is 0 Å². The number of carbonyl (C=O) groups excluding carboxylic acids is 1. The van der Waals surface area contributed by atoms with E-state index < -0.39 is 11.8 Å². The van der Waals surface area contributed by atoms with Gasteiger partial charge in [0.1, 0.15) is 5.82 Å². The minimum atomic E-state index is -1.11. The summed E-state index contributed by atoms with van der Waals surface area (Å²) in [5.41, 5.74) is 0.386. The van der Waals surface area contributed by atoms with Crippen molar-refractivity contribution in [3.63, 3.8) is 0 Å². The number of hydrogen-bond acceptors (Lipinski definition) is 3. The van der Waals surface area contributed by atoms with Crippen LogP contribution in [-0.2, 0) is 20.7 Å². The van der Waals surface area contributed by atoms with Gasteiger partial charge in [0.05, 0.1) is 13.0 Å². The number of anilines is 1. The Hall–Kier alpha value is -2.21. The molecular weight excluding hydrogens is 277 g/mol. The van der Waals surface area contributed by atoms with Crippen molar-refractivity contribution in [1.29, 1.82) is 0 Å². The number of amides is 1. The van der Waals surface area contributed by atoms with E-state index in [1.165, 1.54) is 12.1 Å². The molecule has 114 valence electrons. The van der Waals surface area contributed by atoms with Gasteiger partial charge in [0.2, 0.25) is 5.91 Å². The van der Waals surface area contributed by atoms with Crippen LogP contribution in [0.3, 0.4) is 0 Å². The number of benzene rings is 1. The van der Waals surface area contributed by atoms with E-state index in [0.29, 0.717) is 25.3 Å². The lowest BCUT2D eigenvalue weighted by Gasteiger charge is -2.07. The Morgan fingerprint density at radius 1 is 1.43 bits per heavy atom. The zero-order valence-corrected chi connectivity index (χ0v) is 11.6. The molecule has 0 aromatic heterocycles. The van der Waals surface area contributed by atoms with Gasteiger partial charge in [-0.15, -0.1) is 6.58 Å². The number of halogens is 1. The molecule has 0 aliphatic carbocycles. The molecule has 0 saturated heterocycles. The van der Waals surface area contributed by atoms with Crippen LogP contribution in [0.1, 0.15) is 18.4 Å². The van der Waals surface area contributed by atoms with E-state index in [1.54, 1.807) is 6.08 Å². The maximum absolute atomic E-state index is 13.6. The van der Waals surface area contributed by atoms with Gasteiger partial charge in [0.15, 0.2) is 0 Å². The zero-order chi connectivity index (χ0) is 15.7. The summed E-state index contributed by atoms with van der Waals surface area (Å²) < 4.78 is 18.7. The third-order valence-electron chi connectivity index (χ3n) is 2.61. The molecule has 0 bridgehead atoms. The minimum absolute atomic E-state index is 0.0818. The molecule has 5 nitrogen and oxygen atoms in total. The Bertz CT molecular complexity index is 516. The molecule has 0 saturated carbocycles. The van der Waals surface area contributed by atoms with Crippen molar-refractivity contribution >= 4 is 17.6 Å². The van der Waals surface area contributed by atoms with Crippen molar-refractivity contribution in [2.75, 3.05) is 18.5 Å². The van der Waals surface area contributed by atoms with Crippen molar-refractivity contribution in [3.8, 4) is 0 Å². The highest BCUT2D eigenvalue weighted by Crippen LogP contribution is 2.15. The first-order valence-corrected chi connectivity index (χ1v) is 6.51. The van der Waals surface area contributed by atoms with Crippen LogP contribution in [0.15, 0.2) is 30.9 Å². The van der Waals surface area contributed by atoms with Gasteiger partial charge >= 0.3 is 5.97 Å². The van der Waals surface area contributed by atoms with Gasteiger partial charge < -0.3 is 15.2 Å². The summed E-state index contributed by atoms with van der Waals surface area (Å²) in [5.74, 6) is -2.00. The lowest BCUT2D eigenvalue weighted by atomic mass is 10.1. The van der Waals surface area contributed by atoms with Gasteiger partial charge in [-0.1, -0.05) is 12.1 Å². The van der Waals surface area contributed by atoms with Crippen LogP contribution in [0, 0.1) is 5.82 Å². The molecule has 0 unspecified atom stereocenters. The lowest BCUT2D eigenvalue weighted by molar-refractivity contribution is -0.136. The highest BCUT2D eigenvalue weighted by molar-refractivity contribution is 5.90. The number of carbonyl (C=O) groups is 2. The van der Waals surface area contributed by atoms with Crippen LogP contribution in [-0.4, -0.2) is 30.2 Å². The highest BCUT2D eigenvalue weighted by Gasteiger charge is 2.09. The molecule has 0 fully saturated rings. The van der Waals surface area contributed by atoms with Crippen LogP contribution in [0.25, 0.3) is 0 Å². The SMILES string of the molecule is C=CCOCCCC(=O)Nc1ccc(CC(=O)O)c(F)c1. The first-order valence-electron chi connectivity index (χ1n) is 6.51. The molecule has 6 heteroatoms. The summed E-state index contributed by atoms with van der Waals surface area (Å²) in [7, 11) is 0. The van der Waals surface area contributed by atoms with Gasteiger partial charge in [-0.3, -0.25) is 9.59 Å². The Morgan fingerprint density at radius 3 is 2.81 bits per heavy atom. The molecule has 0 atom stereocenters. The number of nitrogens with one attached hydrogen (secondary N) is 1. The van der Waals surface area contributed by atoms with Crippen molar-refractivity contribution in [1.82, 2.24) is 0 Å². The average Bonchev–Trinajstić information content (AvgIpc) is 2.41. The lowest BCUT2D eigenvalue weighted by Crippen LogP contribution is -2.13. The second kappa shape index (κ2) is 8.86. The average molecular weight is 295 g/mol. The van der Waals surface area contributed by atoms with E-state index in [-0.39, 0.29) is 24.3 Å². The molecule has 0 heterocycles. The van der Waals surface area contributed by atoms with Gasteiger partial charge in [-0.25, -0.2) is 4.39 Å². The van der Waals surface area contributed by atoms with Crippen molar-refractivity contribution in [2.24, 2.45) is 0 Å². The Kier molecular flexibility index (Phi) is 7.11. The van der Waals surface area contributed by atoms with E-state index in [1.807, 2.05) is 0 Å². The molecule has 0 aliphatic rings. The highest BCUT2D eigenvalue weighted by atomic mass is 19.1. The van der Waals surface area contributed by atoms with Gasteiger partial charge in [0, 0.05) is 18.7 Å². The van der Waals surface area contributed by atoms with Gasteiger partial charge in [-0.05, 0) is 24.1 Å². The number of rotatable bonds is 9. The molecule has 0 aliphatic heterocycles. The van der Waals surface area contributed by atoms with Crippen LogP contribution >= 0.6 is 0 Å². The van der Waals surface area contributed by atoms with Crippen LogP contribution in [0.5, 0.6) is 0 Å². The zero-order valence-electron chi connectivity index (χ0n) is 11.6. The molecule has 1 amide bonds. The summed E-state index contributed by atoms with van der Waals surface area (Å²) in [6, 6.07) is 3.95. The van der Waals surface area contributed by atoms with E-state index in [2.05, 4.69) is 11.9 Å². The topological polar surface area (TPSA) is 75.6 Å². The molecule has 1 aromatic carbocycles. The third-order valence-corrected chi connectivity index (χ3v) is 2.61. The summed E-state index contributed by atoms with van der Waals surface area (Å²) in [5, 5.41) is 11.2. The number of ether oxygens (including phenoxy) is 1. The van der Waals surface area contributed by atoms with Crippen molar-refractivity contribution < 1.29 is 23.8 Å². The second-order valence-electron chi connectivity index (χ2n) is 4.39. The first kappa shape index (κ1) is 16.8. The number of carboxylic acids is 1. The van der Waals surface area contributed by atoms with Gasteiger partial charge in [-0.2, -0.15) is 0 Å². The van der Waals surface area contributed by atoms with Crippen LogP contribution in [0.2, 0.25) is 0 Å². The van der Waals surface area contributed by atoms with E-state index in [9.17, 15) is 14.0 Å². The maximum Gasteiger partial charge on any atom is 0.307 e. The van der Waals surface area contributed by atoms with E-state index in [4.69, 9.17) is 9.84 Å². The second-order valence-corrected chi connectivity index (χ2v) is 4.39. The predicted octanol–water partition coefficient (Wildman–Crippen LogP) is 2.37. The van der Waals surface area contributed by atoms with Crippen LogP contribution in [0.4, 0.5) is 10.1 Å². The molecule has 2 N–H and O–H groups in total. The fourth-order valence-corrected chi connectivity index (χ4v) is 1.66. The molecule has 1 rings (SSSR count). The molecule has 0 radical (unpaired) electrons. The Labute approximate surface area is 122 Å². The fraction of sp³-hybridized carbons (Fsp3) is 0.333. The molecular formula is C15H18FNO4. The summed E-state index contributed by atoms with van der Waals surface area (Å²) in [4.78, 5) is 22.1. The Morgan fingerprint density at radius 2 is 2.19 bits per heavy atom. The normalized spacial score (nSPS) is 10.1. The molecule has 0 spiro atoms. The third kappa shape index (κ3) is 6.67. The number of hydrogen-bond donors (Lipinski definition) is 2. The summed E-state index contributed by atoms with van der Waals surface area (Å²) >= 11 is 0.